The maximum atomic E-state index is 12.4. The van der Waals surface area contributed by atoms with Crippen LogP contribution in [0.1, 0.15) is 17.2 Å². The minimum atomic E-state index is -3.61. The van der Waals surface area contributed by atoms with Crippen molar-refractivity contribution in [1.82, 2.24) is 10.0 Å². The summed E-state index contributed by atoms with van der Waals surface area (Å²) in [6.45, 7) is 2.73. The van der Waals surface area contributed by atoms with Crippen molar-refractivity contribution in [2.45, 2.75) is 17.9 Å². The van der Waals surface area contributed by atoms with Gasteiger partial charge in [0.2, 0.25) is 0 Å². The first kappa shape index (κ1) is 17.4. The number of hydrogen-bond acceptors (Lipinski definition) is 5. The van der Waals surface area contributed by atoms with Gasteiger partial charge in [0.05, 0.1) is 31.1 Å². The molecule has 0 saturated heterocycles. The van der Waals surface area contributed by atoms with Crippen molar-refractivity contribution in [2.24, 2.45) is 4.99 Å². The predicted molar refractivity (Wildman–Crippen MR) is 97.5 cm³/mol. The van der Waals surface area contributed by atoms with Crippen LogP contribution in [0.4, 0.5) is 0 Å². The highest BCUT2D eigenvalue weighted by atomic mass is 32.2. The Labute approximate surface area is 148 Å². The lowest BCUT2D eigenvalue weighted by molar-refractivity contribution is 0.413. The van der Waals surface area contributed by atoms with Crippen LogP contribution in [0.15, 0.2) is 58.4 Å². The van der Waals surface area contributed by atoms with Gasteiger partial charge in [0.15, 0.2) is 0 Å². The Kier molecular flexibility index (Phi) is 5.06. The number of aryl methyl sites for hydroxylation is 1. The molecule has 0 saturated carbocycles. The zero-order chi connectivity index (χ0) is 17.9. The van der Waals surface area contributed by atoms with Gasteiger partial charge >= 0.3 is 0 Å². The maximum Gasteiger partial charge on any atom is 0.262 e. The monoisotopic (exact) mass is 359 g/mol. The molecule has 25 heavy (non-hydrogen) atoms. The number of nitrogens with one attached hydrogen (secondary N) is 2. The molecule has 0 bridgehead atoms. The summed E-state index contributed by atoms with van der Waals surface area (Å²) in [6, 6.07) is 14.5. The summed E-state index contributed by atoms with van der Waals surface area (Å²) in [5.41, 5.74) is 2.07. The Morgan fingerprint density at radius 3 is 2.60 bits per heavy atom. The van der Waals surface area contributed by atoms with Crippen molar-refractivity contribution in [3.8, 4) is 5.75 Å². The Morgan fingerprint density at radius 1 is 1.20 bits per heavy atom. The minimum absolute atomic E-state index is 0.0303. The molecular weight excluding hydrogens is 338 g/mol. The highest BCUT2D eigenvalue weighted by Crippen LogP contribution is 2.21. The summed E-state index contributed by atoms with van der Waals surface area (Å²) in [6.07, 6.45) is 0. The van der Waals surface area contributed by atoms with Crippen molar-refractivity contribution in [3.63, 3.8) is 0 Å². The van der Waals surface area contributed by atoms with E-state index < -0.39 is 10.0 Å². The van der Waals surface area contributed by atoms with Gasteiger partial charge in [-0.25, -0.2) is 8.42 Å². The highest BCUT2D eigenvalue weighted by Gasteiger charge is 2.21. The Hall–Kier alpha value is -2.38. The van der Waals surface area contributed by atoms with E-state index in [9.17, 15) is 8.42 Å². The molecule has 132 valence electrons. The van der Waals surface area contributed by atoms with Gasteiger partial charge in [-0.2, -0.15) is 0 Å². The van der Waals surface area contributed by atoms with Gasteiger partial charge in [0, 0.05) is 0 Å². The van der Waals surface area contributed by atoms with E-state index in [1.54, 1.807) is 31.4 Å². The smallest absolute Gasteiger partial charge is 0.262 e. The molecule has 6 nitrogen and oxygen atoms in total. The summed E-state index contributed by atoms with van der Waals surface area (Å²) in [5.74, 6) is 1.20. The molecule has 2 aromatic carbocycles. The molecule has 0 aliphatic carbocycles. The average molecular weight is 359 g/mol. The van der Waals surface area contributed by atoms with E-state index in [1.165, 1.54) is 0 Å². The zero-order valence-electron chi connectivity index (χ0n) is 14.2. The van der Waals surface area contributed by atoms with E-state index >= 15 is 0 Å². The van der Waals surface area contributed by atoms with Crippen LogP contribution >= 0.6 is 0 Å². The number of amidine groups is 1. The molecule has 0 radical (unpaired) electrons. The van der Waals surface area contributed by atoms with Crippen LogP contribution in [0.5, 0.6) is 5.75 Å². The predicted octanol–water partition coefficient (Wildman–Crippen LogP) is 2.02. The lowest BCUT2D eigenvalue weighted by Crippen LogP contribution is -2.43. The van der Waals surface area contributed by atoms with Crippen molar-refractivity contribution < 1.29 is 13.2 Å². The van der Waals surface area contributed by atoms with Crippen LogP contribution in [0.25, 0.3) is 0 Å². The van der Waals surface area contributed by atoms with E-state index in [1.807, 2.05) is 31.2 Å². The molecule has 1 atom stereocenters. The number of aliphatic imine (C=N–C) groups is 1. The second-order valence-corrected chi connectivity index (χ2v) is 7.60. The van der Waals surface area contributed by atoms with Crippen molar-refractivity contribution in [3.05, 3.63) is 59.7 Å². The lowest BCUT2D eigenvalue weighted by Gasteiger charge is -2.24. The SMILES string of the molecule is COc1cccc([C@@H]2CN=C(NS(=O)(=O)c3ccc(C)cc3)CN2)c1. The Morgan fingerprint density at radius 2 is 1.96 bits per heavy atom. The van der Waals surface area contributed by atoms with E-state index in [2.05, 4.69) is 15.0 Å². The van der Waals surface area contributed by atoms with E-state index in [4.69, 9.17) is 4.74 Å². The number of ether oxygens (including phenoxy) is 1. The van der Waals surface area contributed by atoms with Crippen LogP contribution in [0.3, 0.4) is 0 Å². The molecule has 0 fully saturated rings. The summed E-state index contributed by atoms with van der Waals surface area (Å²) >= 11 is 0. The van der Waals surface area contributed by atoms with Gasteiger partial charge < -0.3 is 10.1 Å². The minimum Gasteiger partial charge on any atom is -0.497 e. The number of rotatable bonds is 4. The standard InChI is InChI=1S/C18H21N3O3S/c1-13-6-8-16(9-7-13)25(22,23)21-18-12-19-17(11-20-18)14-4-3-5-15(10-14)24-2/h3-10,17,19H,11-12H2,1-2H3,(H,20,21)/t17-/m0/s1. The number of methoxy groups -OCH3 is 1. The van der Waals surface area contributed by atoms with Crippen molar-refractivity contribution in [1.29, 1.82) is 0 Å². The normalized spacial score (nSPS) is 17.7. The Bertz CT molecular complexity index is 877. The summed E-state index contributed by atoms with van der Waals surface area (Å²) in [4.78, 5) is 4.63. The summed E-state index contributed by atoms with van der Waals surface area (Å²) < 4.78 is 32.6. The van der Waals surface area contributed by atoms with E-state index in [0.29, 0.717) is 18.9 Å². The second kappa shape index (κ2) is 7.25. The number of hydrogen-bond donors (Lipinski definition) is 2. The number of sulfonamides is 1. The molecule has 0 unspecified atom stereocenters. The van der Waals surface area contributed by atoms with Crippen LogP contribution < -0.4 is 14.8 Å². The molecule has 1 aliphatic heterocycles. The fourth-order valence-corrected chi connectivity index (χ4v) is 3.68. The molecule has 0 spiro atoms. The molecule has 7 heteroatoms. The van der Waals surface area contributed by atoms with Crippen molar-refractivity contribution >= 4 is 15.9 Å². The van der Waals surface area contributed by atoms with Crippen LogP contribution in [0.2, 0.25) is 0 Å². The fourth-order valence-electron chi connectivity index (χ4n) is 2.62. The fraction of sp³-hybridized carbons (Fsp3) is 0.278. The molecule has 1 heterocycles. The zero-order valence-corrected chi connectivity index (χ0v) is 15.0. The quantitative estimate of drug-likeness (QED) is 0.875. The average Bonchev–Trinajstić information content (AvgIpc) is 2.62. The van der Waals surface area contributed by atoms with Gasteiger partial charge in [-0.15, -0.1) is 0 Å². The van der Waals surface area contributed by atoms with Crippen LogP contribution in [-0.4, -0.2) is 34.5 Å². The Balaban J connectivity index is 1.69. The van der Waals surface area contributed by atoms with Gasteiger partial charge in [-0.3, -0.25) is 9.71 Å². The molecule has 2 aromatic rings. The van der Waals surface area contributed by atoms with Crippen LogP contribution in [0, 0.1) is 6.92 Å². The molecule has 3 rings (SSSR count). The first-order valence-electron chi connectivity index (χ1n) is 7.98. The maximum absolute atomic E-state index is 12.4. The molecule has 1 aliphatic rings. The third-order valence-corrected chi connectivity index (χ3v) is 5.46. The number of nitrogens with zero attached hydrogens (tertiary/aromatic N) is 1. The molecule has 0 amide bonds. The first-order chi connectivity index (χ1) is 12.0. The molecular formula is C18H21N3O3S. The van der Waals surface area contributed by atoms with Gasteiger partial charge in [0.25, 0.3) is 10.0 Å². The lowest BCUT2D eigenvalue weighted by atomic mass is 10.1. The second-order valence-electron chi connectivity index (χ2n) is 5.92. The third-order valence-electron chi connectivity index (χ3n) is 4.06. The first-order valence-corrected chi connectivity index (χ1v) is 9.46. The van der Waals surface area contributed by atoms with Gasteiger partial charge in [0.1, 0.15) is 11.6 Å². The summed E-state index contributed by atoms with van der Waals surface area (Å²) in [5, 5.41) is 3.31. The summed E-state index contributed by atoms with van der Waals surface area (Å²) in [7, 11) is -1.98. The van der Waals surface area contributed by atoms with Gasteiger partial charge in [-0.1, -0.05) is 29.8 Å². The van der Waals surface area contributed by atoms with Crippen molar-refractivity contribution in [2.75, 3.05) is 20.2 Å². The van der Waals surface area contributed by atoms with Crippen LogP contribution in [-0.2, 0) is 10.0 Å². The molecule has 2 N–H and O–H groups in total. The number of benzene rings is 2. The largest absolute Gasteiger partial charge is 0.497 e. The van der Waals surface area contributed by atoms with E-state index in [0.717, 1.165) is 16.9 Å². The van der Waals surface area contributed by atoms with Gasteiger partial charge in [-0.05, 0) is 36.8 Å². The van der Waals surface area contributed by atoms with E-state index in [-0.39, 0.29) is 10.9 Å². The third kappa shape index (κ3) is 4.18. The molecule has 0 aromatic heterocycles. The topological polar surface area (TPSA) is 79.8 Å². The highest BCUT2D eigenvalue weighted by molar-refractivity contribution is 7.90.